The zero-order valence-corrected chi connectivity index (χ0v) is 21.3. The Morgan fingerprint density at radius 1 is 0.972 bits per heavy atom. The summed E-state index contributed by atoms with van der Waals surface area (Å²) in [4.78, 5) is 9.50. The average molecular weight is 482 g/mol. The van der Waals surface area contributed by atoms with Gasteiger partial charge in [-0.25, -0.2) is 4.98 Å². The molecule has 36 heavy (non-hydrogen) atoms. The number of ether oxygens (including phenoxy) is 1. The molecular weight excluding hydrogens is 446 g/mol. The molecule has 0 amide bonds. The number of benzene rings is 2. The molecule has 3 aromatic rings. The first kappa shape index (κ1) is 24.1. The molecule has 6 nitrogen and oxygen atoms in total. The van der Waals surface area contributed by atoms with Crippen molar-refractivity contribution in [3.8, 4) is 0 Å². The number of hydrogen-bond acceptors (Lipinski definition) is 6. The Kier molecular flexibility index (Phi) is 7.62. The molecule has 2 aromatic carbocycles. The highest BCUT2D eigenvalue weighted by Crippen LogP contribution is 2.35. The van der Waals surface area contributed by atoms with E-state index in [0.717, 1.165) is 69.0 Å². The van der Waals surface area contributed by atoms with Gasteiger partial charge in [-0.05, 0) is 79.8 Å². The fourth-order valence-electron chi connectivity index (χ4n) is 5.05. The van der Waals surface area contributed by atoms with Gasteiger partial charge in [0.2, 0.25) is 0 Å². The smallest absolute Gasteiger partial charge is 0.146 e. The van der Waals surface area contributed by atoms with Crippen LogP contribution in [0.4, 0.5) is 11.5 Å². The molecule has 1 aliphatic heterocycles. The van der Waals surface area contributed by atoms with Gasteiger partial charge in [-0.1, -0.05) is 30.3 Å². The third-order valence-corrected chi connectivity index (χ3v) is 6.96. The largest absolute Gasteiger partial charge is 0.378 e. The van der Waals surface area contributed by atoms with Crippen LogP contribution >= 0.6 is 0 Å². The number of anilines is 2. The highest BCUT2D eigenvalue weighted by Gasteiger charge is 2.25. The second kappa shape index (κ2) is 11.4. The topological polar surface area (TPSA) is 53.0 Å². The summed E-state index contributed by atoms with van der Waals surface area (Å²) in [5.41, 5.74) is 10.6. The third-order valence-electron chi connectivity index (χ3n) is 6.96. The van der Waals surface area contributed by atoms with Crippen LogP contribution in [0.25, 0.3) is 17.0 Å². The van der Waals surface area contributed by atoms with Crippen LogP contribution in [0.15, 0.2) is 82.6 Å². The number of hydrogen-bond donors (Lipinski definition) is 1. The normalized spacial score (nSPS) is 17.5. The lowest BCUT2D eigenvalue weighted by Crippen LogP contribution is -2.36. The van der Waals surface area contributed by atoms with Crippen molar-refractivity contribution in [2.24, 2.45) is 5.10 Å². The predicted molar refractivity (Wildman–Crippen MR) is 150 cm³/mol. The van der Waals surface area contributed by atoms with E-state index in [9.17, 15) is 0 Å². The van der Waals surface area contributed by atoms with Gasteiger partial charge in [0.1, 0.15) is 5.82 Å². The first-order valence-corrected chi connectivity index (χ1v) is 13.0. The van der Waals surface area contributed by atoms with Gasteiger partial charge in [0, 0.05) is 42.9 Å². The van der Waals surface area contributed by atoms with E-state index in [1.165, 1.54) is 28.1 Å². The number of rotatable bonds is 8. The Morgan fingerprint density at radius 3 is 2.53 bits per heavy atom. The first-order chi connectivity index (χ1) is 17.7. The summed E-state index contributed by atoms with van der Waals surface area (Å²) in [6, 6.07) is 21.1. The highest BCUT2D eigenvalue weighted by molar-refractivity contribution is 5.85. The van der Waals surface area contributed by atoms with Crippen LogP contribution in [-0.4, -0.2) is 55.5 Å². The molecule has 1 N–H and O–H groups in total. The quantitative estimate of drug-likeness (QED) is 0.319. The molecule has 0 unspecified atom stereocenters. The number of allylic oxidation sites excluding steroid dienone is 2. The van der Waals surface area contributed by atoms with Gasteiger partial charge in [0.05, 0.1) is 24.9 Å². The molecule has 1 aromatic heterocycles. The monoisotopic (exact) mass is 481 g/mol. The lowest BCUT2D eigenvalue weighted by molar-refractivity contribution is 0.0548. The van der Waals surface area contributed by atoms with E-state index >= 15 is 0 Å². The third kappa shape index (κ3) is 5.44. The number of nitrogens with one attached hydrogen (secondary N) is 1. The summed E-state index contributed by atoms with van der Waals surface area (Å²) in [7, 11) is 0. The van der Waals surface area contributed by atoms with Gasteiger partial charge in [-0.15, -0.1) is 0 Å². The van der Waals surface area contributed by atoms with Gasteiger partial charge in [-0.2, -0.15) is 5.10 Å². The van der Waals surface area contributed by atoms with Gasteiger partial charge < -0.3 is 14.5 Å². The summed E-state index contributed by atoms with van der Waals surface area (Å²) >= 11 is 0. The molecule has 6 heteroatoms. The summed E-state index contributed by atoms with van der Waals surface area (Å²) in [6.45, 7) is 9.78. The molecule has 5 rings (SSSR count). The van der Waals surface area contributed by atoms with Crippen molar-refractivity contribution < 1.29 is 4.74 Å². The van der Waals surface area contributed by atoms with Crippen molar-refractivity contribution in [3.63, 3.8) is 0 Å². The van der Waals surface area contributed by atoms with Crippen molar-refractivity contribution in [2.45, 2.75) is 26.7 Å². The number of morpholine rings is 1. The molecule has 1 fully saturated rings. The van der Waals surface area contributed by atoms with Crippen molar-refractivity contribution >= 4 is 34.7 Å². The molecule has 1 aliphatic carbocycles. The van der Waals surface area contributed by atoms with Crippen LogP contribution in [-0.2, 0) is 4.74 Å². The van der Waals surface area contributed by atoms with Gasteiger partial charge >= 0.3 is 0 Å². The number of aromatic nitrogens is 1. The molecule has 0 radical (unpaired) electrons. The Hall–Kier alpha value is -3.64. The van der Waals surface area contributed by atoms with E-state index in [-0.39, 0.29) is 0 Å². The minimum atomic E-state index is 0.750. The number of hydrazone groups is 1. The van der Waals surface area contributed by atoms with Crippen LogP contribution in [0.3, 0.4) is 0 Å². The molecule has 0 spiro atoms. The number of pyridine rings is 1. The fourth-order valence-corrected chi connectivity index (χ4v) is 5.05. The van der Waals surface area contributed by atoms with Crippen LogP contribution in [0.2, 0.25) is 0 Å². The molecule has 0 atom stereocenters. The van der Waals surface area contributed by atoms with Crippen molar-refractivity contribution in [2.75, 3.05) is 49.7 Å². The van der Waals surface area contributed by atoms with E-state index in [2.05, 4.69) is 81.6 Å². The first-order valence-electron chi connectivity index (χ1n) is 13.0. The lowest BCUT2D eigenvalue weighted by atomic mass is 10.1. The van der Waals surface area contributed by atoms with Gasteiger partial charge in [0.25, 0.3) is 0 Å². The zero-order chi connectivity index (χ0) is 24.7. The molecule has 1 saturated heterocycles. The second-order valence-electron chi connectivity index (χ2n) is 9.17. The number of para-hydroxylation sites is 1. The van der Waals surface area contributed by atoms with E-state index in [1.54, 1.807) is 0 Å². The lowest BCUT2D eigenvalue weighted by Gasteiger charge is -2.31. The number of nitrogens with zero attached hydrogens (tertiary/aromatic N) is 4. The summed E-state index contributed by atoms with van der Waals surface area (Å²) < 4.78 is 5.64. The van der Waals surface area contributed by atoms with Crippen LogP contribution in [0.1, 0.15) is 32.3 Å². The molecule has 0 saturated carbocycles. The Labute approximate surface area is 214 Å². The zero-order valence-electron chi connectivity index (χ0n) is 21.3. The molecule has 2 heterocycles. The molecule has 2 aliphatic rings. The van der Waals surface area contributed by atoms with Crippen LogP contribution < -0.4 is 10.3 Å². The number of fused-ring (bicyclic) bond motifs is 1. The van der Waals surface area contributed by atoms with Crippen molar-refractivity contribution in [3.05, 3.63) is 83.1 Å². The Balaban J connectivity index is 1.38. The van der Waals surface area contributed by atoms with E-state index in [4.69, 9.17) is 4.74 Å². The van der Waals surface area contributed by atoms with Crippen LogP contribution in [0, 0.1) is 0 Å². The second-order valence-corrected chi connectivity index (χ2v) is 9.17. The maximum Gasteiger partial charge on any atom is 0.146 e. The fraction of sp³-hybridized carbons (Fsp3) is 0.333. The average Bonchev–Trinajstić information content (AvgIpc) is 3.32. The summed E-state index contributed by atoms with van der Waals surface area (Å²) in [5, 5.41) is 5.71. The molecule has 0 bridgehead atoms. The van der Waals surface area contributed by atoms with Crippen molar-refractivity contribution in [1.29, 1.82) is 0 Å². The minimum absolute atomic E-state index is 0.750. The molecule has 186 valence electrons. The summed E-state index contributed by atoms with van der Waals surface area (Å²) in [6.07, 6.45) is 6.31. The van der Waals surface area contributed by atoms with Gasteiger partial charge in [-0.3, -0.25) is 5.43 Å². The van der Waals surface area contributed by atoms with E-state index < -0.39 is 0 Å². The highest BCUT2D eigenvalue weighted by atomic mass is 16.5. The van der Waals surface area contributed by atoms with E-state index in [1.807, 2.05) is 30.5 Å². The minimum Gasteiger partial charge on any atom is -0.378 e. The standard InChI is InChI=1S/C30H35N5O/c1-3-34(4-2)27-14-9-23(10-15-27)21-25-11-12-26(30(25)35-17-19-36-20-18-35)22-31-33-29-16-13-24-7-5-6-8-28(24)32-29/h5-10,13-16,21-22H,3-4,11-12,17-20H2,1-2H3,(H,32,33). The van der Waals surface area contributed by atoms with Crippen molar-refractivity contribution in [1.82, 2.24) is 9.88 Å². The SMILES string of the molecule is CCN(CC)c1ccc(C=C2CCC(C=NNc3ccc4ccccc4n3)=C2N2CCOCC2)cc1. The predicted octanol–water partition coefficient (Wildman–Crippen LogP) is 5.94. The maximum absolute atomic E-state index is 5.64. The Morgan fingerprint density at radius 2 is 1.75 bits per heavy atom. The molecular formula is C30H35N5O. The van der Waals surface area contributed by atoms with E-state index in [0.29, 0.717) is 0 Å². The maximum atomic E-state index is 5.64. The Bertz CT molecular complexity index is 1270. The van der Waals surface area contributed by atoms with Gasteiger partial charge in [0.15, 0.2) is 0 Å². The summed E-state index contributed by atoms with van der Waals surface area (Å²) in [5.74, 6) is 0.750. The van der Waals surface area contributed by atoms with Crippen LogP contribution in [0.5, 0.6) is 0 Å².